The summed E-state index contributed by atoms with van der Waals surface area (Å²) in [5, 5.41) is 2.87. The molecular formula is C13H17N3O2. The summed E-state index contributed by atoms with van der Waals surface area (Å²) >= 11 is 0. The van der Waals surface area contributed by atoms with Gasteiger partial charge in [-0.05, 0) is 25.5 Å². The van der Waals surface area contributed by atoms with E-state index in [-0.39, 0.29) is 5.91 Å². The van der Waals surface area contributed by atoms with Crippen molar-refractivity contribution in [3.8, 4) is 0 Å². The number of hydrogen-bond acceptors (Lipinski definition) is 3. The SMILES string of the molecule is COCCCNC(=O)c1c(C)nc2ccccn12. The predicted octanol–water partition coefficient (Wildman–Crippen LogP) is 1.41. The average Bonchev–Trinajstić information content (AvgIpc) is 2.70. The van der Waals surface area contributed by atoms with Crippen LogP contribution in [0.4, 0.5) is 0 Å². The topological polar surface area (TPSA) is 55.6 Å². The molecule has 2 aromatic heterocycles. The van der Waals surface area contributed by atoms with Gasteiger partial charge in [0.25, 0.3) is 5.91 Å². The molecule has 96 valence electrons. The van der Waals surface area contributed by atoms with E-state index in [0.717, 1.165) is 17.8 Å². The highest BCUT2D eigenvalue weighted by Crippen LogP contribution is 2.11. The lowest BCUT2D eigenvalue weighted by Gasteiger charge is -2.05. The zero-order chi connectivity index (χ0) is 13.0. The standard InChI is InChI=1S/C13H17N3O2/c1-10-12(13(17)14-7-5-9-18-2)16-8-4-3-6-11(16)15-10/h3-4,6,8H,5,7,9H2,1-2H3,(H,14,17). The van der Waals surface area contributed by atoms with E-state index in [2.05, 4.69) is 10.3 Å². The van der Waals surface area contributed by atoms with Crippen molar-refractivity contribution in [3.63, 3.8) is 0 Å². The van der Waals surface area contributed by atoms with Gasteiger partial charge < -0.3 is 10.1 Å². The average molecular weight is 247 g/mol. The van der Waals surface area contributed by atoms with E-state index in [1.165, 1.54) is 0 Å². The van der Waals surface area contributed by atoms with Crippen molar-refractivity contribution in [1.29, 1.82) is 0 Å². The van der Waals surface area contributed by atoms with Gasteiger partial charge in [0.1, 0.15) is 11.3 Å². The lowest BCUT2D eigenvalue weighted by Crippen LogP contribution is -2.27. The van der Waals surface area contributed by atoms with Crippen molar-refractivity contribution >= 4 is 11.6 Å². The van der Waals surface area contributed by atoms with Crippen molar-refractivity contribution in [2.45, 2.75) is 13.3 Å². The highest BCUT2D eigenvalue weighted by atomic mass is 16.5. The van der Waals surface area contributed by atoms with E-state index >= 15 is 0 Å². The first-order chi connectivity index (χ1) is 8.74. The number of aromatic nitrogens is 2. The van der Waals surface area contributed by atoms with Crippen molar-refractivity contribution in [2.75, 3.05) is 20.3 Å². The normalized spacial score (nSPS) is 10.8. The fraction of sp³-hybridized carbons (Fsp3) is 0.385. The number of carbonyl (C=O) groups is 1. The van der Waals surface area contributed by atoms with Crippen LogP contribution in [-0.2, 0) is 4.74 Å². The Hall–Kier alpha value is -1.88. The van der Waals surface area contributed by atoms with Gasteiger partial charge in [0.05, 0.1) is 5.69 Å². The summed E-state index contributed by atoms with van der Waals surface area (Å²) in [6.45, 7) is 3.09. The molecule has 5 nitrogen and oxygen atoms in total. The van der Waals surface area contributed by atoms with E-state index in [1.54, 1.807) is 11.5 Å². The van der Waals surface area contributed by atoms with Crippen LogP contribution in [0.5, 0.6) is 0 Å². The van der Waals surface area contributed by atoms with Gasteiger partial charge in [0.2, 0.25) is 0 Å². The maximum Gasteiger partial charge on any atom is 0.270 e. The summed E-state index contributed by atoms with van der Waals surface area (Å²) in [6.07, 6.45) is 2.65. The Bertz CT molecular complexity index is 548. The van der Waals surface area contributed by atoms with E-state index < -0.39 is 0 Å². The molecule has 0 aliphatic rings. The molecule has 0 aliphatic heterocycles. The maximum absolute atomic E-state index is 12.1. The third-order valence-electron chi connectivity index (χ3n) is 2.73. The molecule has 0 saturated heterocycles. The van der Waals surface area contributed by atoms with Crippen molar-refractivity contribution in [2.24, 2.45) is 0 Å². The number of carbonyl (C=O) groups excluding carboxylic acids is 1. The highest BCUT2D eigenvalue weighted by Gasteiger charge is 2.15. The van der Waals surface area contributed by atoms with Gasteiger partial charge in [-0.25, -0.2) is 4.98 Å². The molecule has 2 rings (SSSR count). The van der Waals surface area contributed by atoms with E-state index in [1.807, 2.05) is 31.3 Å². The number of methoxy groups -OCH3 is 1. The minimum Gasteiger partial charge on any atom is -0.385 e. The van der Waals surface area contributed by atoms with Gasteiger partial charge in [-0.15, -0.1) is 0 Å². The molecule has 0 aliphatic carbocycles. The van der Waals surface area contributed by atoms with Gasteiger partial charge in [0.15, 0.2) is 0 Å². The first kappa shape index (κ1) is 12.6. The molecule has 18 heavy (non-hydrogen) atoms. The number of ether oxygens (including phenoxy) is 1. The second-order valence-electron chi connectivity index (χ2n) is 4.08. The molecule has 1 N–H and O–H groups in total. The van der Waals surface area contributed by atoms with Crippen LogP contribution in [0.25, 0.3) is 5.65 Å². The van der Waals surface area contributed by atoms with Gasteiger partial charge in [0, 0.05) is 26.5 Å². The van der Waals surface area contributed by atoms with Crippen LogP contribution in [-0.4, -0.2) is 35.6 Å². The number of fused-ring (bicyclic) bond motifs is 1. The molecule has 0 saturated carbocycles. The Morgan fingerprint density at radius 1 is 1.50 bits per heavy atom. The lowest BCUT2D eigenvalue weighted by atomic mass is 10.3. The number of hydrogen-bond donors (Lipinski definition) is 1. The molecule has 5 heteroatoms. The molecule has 0 fully saturated rings. The van der Waals surface area contributed by atoms with Crippen LogP contribution in [0.1, 0.15) is 22.6 Å². The van der Waals surface area contributed by atoms with Crippen molar-refractivity contribution < 1.29 is 9.53 Å². The fourth-order valence-electron chi connectivity index (χ4n) is 1.89. The third kappa shape index (κ3) is 2.51. The highest BCUT2D eigenvalue weighted by molar-refractivity contribution is 5.94. The van der Waals surface area contributed by atoms with E-state index in [4.69, 9.17) is 4.74 Å². The van der Waals surface area contributed by atoms with Crippen LogP contribution >= 0.6 is 0 Å². The molecule has 1 amide bonds. The summed E-state index contributed by atoms with van der Waals surface area (Å²) < 4.78 is 6.75. The number of pyridine rings is 1. The minimum atomic E-state index is -0.0951. The summed E-state index contributed by atoms with van der Waals surface area (Å²) in [4.78, 5) is 16.4. The van der Waals surface area contributed by atoms with Gasteiger partial charge >= 0.3 is 0 Å². The Labute approximate surface area is 106 Å². The summed E-state index contributed by atoms with van der Waals surface area (Å²) in [5.74, 6) is -0.0951. The van der Waals surface area contributed by atoms with Crippen LogP contribution in [0.2, 0.25) is 0 Å². The molecule has 0 radical (unpaired) electrons. The number of imidazole rings is 1. The molecule has 0 bridgehead atoms. The van der Waals surface area contributed by atoms with Crippen molar-refractivity contribution in [3.05, 3.63) is 35.8 Å². The Kier molecular flexibility index (Phi) is 3.94. The number of nitrogens with one attached hydrogen (secondary N) is 1. The minimum absolute atomic E-state index is 0.0951. The Balaban J connectivity index is 2.14. The molecular weight excluding hydrogens is 230 g/mol. The summed E-state index contributed by atoms with van der Waals surface area (Å²) in [7, 11) is 1.65. The number of aryl methyl sites for hydroxylation is 1. The van der Waals surface area contributed by atoms with Crippen LogP contribution in [0.3, 0.4) is 0 Å². The third-order valence-corrected chi connectivity index (χ3v) is 2.73. The fourth-order valence-corrected chi connectivity index (χ4v) is 1.89. The number of amides is 1. The first-order valence-corrected chi connectivity index (χ1v) is 5.95. The second kappa shape index (κ2) is 5.64. The zero-order valence-electron chi connectivity index (χ0n) is 10.6. The van der Waals surface area contributed by atoms with Gasteiger partial charge in [-0.2, -0.15) is 0 Å². The van der Waals surface area contributed by atoms with Crippen LogP contribution < -0.4 is 5.32 Å². The Morgan fingerprint density at radius 3 is 3.11 bits per heavy atom. The quantitative estimate of drug-likeness (QED) is 0.813. The summed E-state index contributed by atoms with van der Waals surface area (Å²) in [6, 6.07) is 5.67. The predicted molar refractivity (Wildman–Crippen MR) is 68.8 cm³/mol. The first-order valence-electron chi connectivity index (χ1n) is 5.95. The van der Waals surface area contributed by atoms with Crippen LogP contribution in [0.15, 0.2) is 24.4 Å². The lowest BCUT2D eigenvalue weighted by molar-refractivity contribution is 0.0942. The van der Waals surface area contributed by atoms with Gasteiger partial charge in [-0.3, -0.25) is 9.20 Å². The molecule has 0 unspecified atom stereocenters. The monoisotopic (exact) mass is 247 g/mol. The summed E-state index contributed by atoms with van der Waals surface area (Å²) in [5.41, 5.74) is 2.13. The zero-order valence-corrected chi connectivity index (χ0v) is 10.6. The van der Waals surface area contributed by atoms with Gasteiger partial charge in [-0.1, -0.05) is 6.07 Å². The number of rotatable bonds is 5. The Morgan fingerprint density at radius 2 is 2.33 bits per heavy atom. The van der Waals surface area contributed by atoms with E-state index in [9.17, 15) is 4.79 Å². The molecule has 0 aromatic carbocycles. The maximum atomic E-state index is 12.1. The van der Waals surface area contributed by atoms with E-state index in [0.29, 0.717) is 18.8 Å². The molecule has 2 aromatic rings. The van der Waals surface area contributed by atoms with Crippen LogP contribution in [0, 0.1) is 6.92 Å². The van der Waals surface area contributed by atoms with Crippen molar-refractivity contribution in [1.82, 2.24) is 14.7 Å². The molecule has 2 heterocycles. The number of nitrogens with zero attached hydrogens (tertiary/aromatic N) is 2. The molecule has 0 spiro atoms. The second-order valence-corrected chi connectivity index (χ2v) is 4.08. The molecule has 0 atom stereocenters. The largest absolute Gasteiger partial charge is 0.385 e. The smallest absolute Gasteiger partial charge is 0.270 e.